The van der Waals surface area contributed by atoms with Crippen molar-refractivity contribution in [1.29, 1.82) is 0 Å². The standard InChI is InChI=1S/C11H11BrN2O/c1-8(15)10-4-3-9(7-11(10)12)14-6-2-5-13-14/h2-8,15H,1H3. The first-order valence-electron chi connectivity index (χ1n) is 4.66. The summed E-state index contributed by atoms with van der Waals surface area (Å²) in [6, 6.07) is 7.64. The fraction of sp³-hybridized carbons (Fsp3) is 0.182. The van der Waals surface area contributed by atoms with Gasteiger partial charge < -0.3 is 5.11 Å². The molecule has 2 rings (SSSR count). The van der Waals surface area contributed by atoms with Crippen LogP contribution in [0.3, 0.4) is 0 Å². The maximum absolute atomic E-state index is 9.47. The lowest BCUT2D eigenvalue weighted by Gasteiger charge is -2.09. The molecule has 3 nitrogen and oxygen atoms in total. The van der Waals surface area contributed by atoms with E-state index in [1.807, 2.05) is 30.5 Å². The molecule has 2 aromatic rings. The molecule has 0 aliphatic heterocycles. The zero-order valence-electron chi connectivity index (χ0n) is 8.26. The molecule has 78 valence electrons. The molecule has 0 fully saturated rings. The quantitative estimate of drug-likeness (QED) is 0.908. The molecule has 15 heavy (non-hydrogen) atoms. The SMILES string of the molecule is CC(O)c1ccc(-n2cccn2)cc1Br. The van der Waals surface area contributed by atoms with E-state index in [9.17, 15) is 5.11 Å². The van der Waals surface area contributed by atoms with Crippen LogP contribution in [0.25, 0.3) is 5.69 Å². The van der Waals surface area contributed by atoms with Gasteiger partial charge in [0.05, 0.1) is 11.8 Å². The third kappa shape index (κ3) is 2.11. The number of halogens is 1. The molecule has 1 aromatic heterocycles. The van der Waals surface area contributed by atoms with E-state index in [0.717, 1.165) is 15.7 Å². The average Bonchev–Trinajstić information content (AvgIpc) is 2.69. The van der Waals surface area contributed by atoms with Crippen LogP contribution in [0.1, 0.15) is 18.6 Å². The van der Waals surface area contributed by atoms with Crippen LogP contribution < -0.4 is 0 Å². The molecule has 1 atom stereocenters. The Labute approximate surface area is 96.5 Å². The molecule has 0 aliphatic carbocycles. The molecule has 4 heteroatoms. The average molecular weight is 267 g/mol. The zero-order valence-corrected chi connectivity index (χ0v) is 9.85. The van der Waals surface area contributed by atoms with Crippen molar-refractivity contribution in [3.63, 3.8) is 0 Å². The second-order valence-electron chi connectivity index (χ2n) is 3.33. The summed E-state index contributed by atoms with van der Waals surface area (Å²) >= 11 is 3.43. The van der Waals surface area contributed by atoms with Crippen LogP contribution in [-0.4, -0.2) is 14.9 Å². The third-order valence-corrected chi connectivity index (χ3v) is 2.89. The number of rotatable bonds is 2. The Morgan fingerprint density at radius 3 is 2.80 bits per heavy atom. The highest BCUT2D eigenvalue weighted by molar-refractivity contribution is 9.10. The van der Waals surface area contributed by atoms with Crippen LogP contribution in [0, 0.1) is 0 Å². The second kappa shape index (κ2) is 4.16. The van der Waals surface area contributed by atoms with Crippen molar-refractivity contribution in [1.82, 2.24) is 9.78 Å². The number of hydrogen-bond acceptors (Lipinski definition) is 2. The van der Waals surface area contributed by atoms with Gasteiger partial charge in [-0.25, -0.2) is 4.68 Å². The second-order valence-corrected chi connectivity index (χ2v) is 4.19. The molecule has 1 N–H and O–H groups in total. The largest absolute Gasteiger partial charge is 0.389 e. The fourth-order valence-corrected chi connectivity index (χ4v) is 2.12. The molecular weight excluding hydrogens is 256 g/mol. The van der Waals surface area contributed by atoms with E-state index < -0.39 is 6.10 Å². The first-order chi connectivity index (χ1) is 7.18. The predicted molar refractivity (Wildman–Crippen MR) is 61.9 cm³/mol. The number of hydrogen-bond donors (Lipinski definition) is 1. The van der Waals surface area contributed by atoms with Gasteiger partial charge in [-0.1, -0.05) is 22.0 Å². The molecule has 0 aliphatic rings. The normalized spacial score (nSPS) is 12.7. The summed E-state index contributed by atoms with van der Waals surface area (Å²) in [6.45, 7) is 1.74. The summed E-state index contributed by atoms with van der Waals surface area (Å²) in [5.41, 5.74) is 1.85. The Morgan fingerprint density at radius 2 is 2.27 bits per heavy atom. The third-order valence-electron chi connectivity index (χ3n) is 2.20. The number of aliphatic hydroxyl groups excluding tert-OH is 1. The molecule has 0 bridgehead atoms. The summed E-state index contributed by atoms with van der Waals surface area (Å²) in [4.78, 5) is 0. The van der Waals surface area contributed by atoms with Gasteiger partial charge in [0.15, 0.2) is 0 Å². The van der Waals surface area contributed by atoms with E-state index in [1.54, 1.807) is 17.8 Å². The van der Waals surface area contributed by atoms with E-state index in [-0.39, 0.29) is 0 Å². The molecule has 0 saturated carbocycles. The molecule has 0 amide bonds. The van der Waals surface area contributed by atoms with Gasteiger partial charge in [0.25, 0.3) is 0 Å². The predicted octanol–water partition coefficient (Wildman–Crippen LogP) is 2.69. The van der Waals surface area contributed by atoms with Crippen molar-refractivity contribution in [2.45, 2.75) is 13.0 Å². The van der Waals surface area contributed by atoms with Crippen LogP contribution in [-0.2, 0) is 0 Å². The topological polar surface area (TPSA) is 38.0 Å². The van der Waals surface area contributed by atoms with Gasteiger partial charge in [0.2, 0.25) is 0 Å². The number of nitrogens with zero attached hydrogens (tertiary/aromatic N) is 2. The van der Waals surface area contributed by atoms with Crippen molar-refractivity contribution in [2.75, 3.05) is 0 Å². The first-order valence-corrected chi connectivity index (χ1v) is 5.45. The summed E-state index contributed by atoms with van der Waals surface area (Å²) in [5, 5.41) is 13.6. The van der Waals surface area contributed by atoms with Gasteiger partial charge in [-0.2, -0.15) is 5.10 Å². The highest BCUT2D eigenvalue weighted by Crippen LogP contribution is 2.25. The van der Waals surface area contributed by atoms with Gasteiger partial charge in [0.1, 0.15) is 0 Å². The minimum Gasteiger partial charge on any atom is -0.389 e. The van der Waals surface area contributed by atoms with Crippen LogP contribution in [0.2, 0.25) is 0 Å². The summed E-state index contributed by atoms with van der Waals surface area (Å²) in [5.74, 6) is 0. The van der Waals surface area contributed by atoms with Crippen molar-refractivity contribution in [3.8, 4) is 5.69 Å². The number of aromatic nitrogens is 2. The Balaban J connectivity index is 2.42. The Bertz CT molecular complexity index is 452. The molecular formula is C11H11BrN2O. The van der Waals surface area contributed by atoms with E-state index in [1.165, 1.54) is 0 Å². The summed E-state index contributed by atoms with van der Waals surface area (Å²) in [6.07, 6.45) is 3.14. The molecule has 0 saturated heterocycles. The molecule has 1 aromatic carbocycles. The van der Waals surface area contributed by atoms with Gasteiger partial charge in [-0.3, -0.25) is 0 Å². The first kappa shape index (κ1) is 10.4. The Hall–Kier alpha value is -1.13. The summed E-state index contributed by atoms with van der Waals surface area (Å²) in [7, 11) is 0. The fourth-order valence-electron chi connectivity index (χ4n) is 1.42. The van der Waals surface area contributed by atoms with Gasteiger partial charge >= 0.3 is 0 Å². The number of benzene rings is 1. The minimum absolute atomic E-state index is 0.467. The number of aliphatic hydroxyl groups is 1. The monoisotopic (exact) mass is 266 g/mol. The van der Waals surface area contributed by atoms with Crippen molar-refractivity contribution in [3.05, 3.63) is 46.7 Å². The molecule has 0 spiro atoms. The highest BCUT2D eigenvalue weighted by Gasteiger charge is 2.07. The van der Waals surface area contributed by atoms with E-state index in [4.69, 9.17) is 0 Å². The van der Waals surface area contributed by atoms with Crippen molar-refractivity contribution >= 4 is 15.9 Å². The molecule has 0 radical (unpaired) electrons. The maximum atomic E-state index is 9.47. The van der Waals surface area contributed by atoms with Gasteiger partial charge in [-0.05, 0) is 30.7 Å². The lowest BCUT2D eigenvalue weighted by molar-refractivity contribution is 0.198. The Kier molecular flexibility index (Phi) is 2.88. The minimum atomic E-state index is -0.467. The van der Waals surface area contributed by atoms with Gasteiger partial charge in [0, 0.05) is 16.9 Å². The van der Waals surface area contributed by atoms with Gasteiger partial charge in [-0.15, -0.1) is 0 Å². The highest BCUT2D eigenvalue weighted by atomic mass is 79.9. The zero-order chi connectivity index (χ0) is 10.8. The lowest BCUT2D eigenvalue weighted by Crippen LogP contribution is -1.97. The van der Waals surface area contributed by atoms with Crippen LogP contribution in [0.15, 0.2) is 41.1 Å². The Morgan fingerprint density at radius 1 is 1.47 bits per heavy atom. The lowest BCUT2D eigenvalue weighted by atomic mass is 10.1. The van der Waals surface area contributed by atoms with E-state index in [0.29, 0.717) is 0 Å². The summed E-state index contributed by atoms with van der Waals surface area (Å²) < 4.78 is 2.67. The maximum Gasteiger partial charge on any atom is 0.0772 e. The van der Waals surface area contributed by atoms with E-state index in [2.05, 4.69) is 21.0 Å². The van der Waals surface area contributed by atoms with Crippen LogP contribution in [0.5, 0.6) is 0 Å². The molecule has 1 heterocycles. The van der Waals surface area contributed by atoms with Crippen molar-refractivity contribution in [2.24, 2.45) is 0 Å². The smallest absolute Gasteiger partial charge is 0.0772 e. The van der Waals surface area contributed by atoms with E-state index >= 15 is 0 Å². The van der Waals surface area contributed by atoms with Crippen LogP contribution >= 0.6 is 15.9 Å². The molecule has 1 unspecified atom stereocenters. The van der Waals surface area contributed by atoms with Crippen molar-refractivity contribution < 1.29 is 5.11 Å². The van der Waals surface area contributed by atoms with Crippen LogP contribution in [0.4, 0.5) is 0 Å².